The smallest absolute Gasteiger partial charge is 0.381 e. The minimum Gasteiger partial charge on any atom is -0.391 e. The van der Waals surface area contributed by atoms with Crippen molar-refractivity contribution < 1.29 is 14.8 Å². The maximum Gasteiger partial charge on any atom is 0.381 e. The minimum atomic E-state index is -0.569. The number of hydrogen-bond acceptors (Lipinski definition) is 5. The lowest BCUT2D eigenvalue weighted by Gasteiger charge is -2.34. The summed E-state index contributed by atoms with van der Waals surface area (Å²) in [7, 11) is 0. The molecule has 1 aromatic rings. The molecule has 1 aliphatic rings. The molecular formula is C12H18N4O4. The summed E-state index contributed by atoms with van der Waals surface area (Å²) >= 11 is 0. The van der Waals surface area contributed by atoms with Crippen LogP contribution in [0.1, 0.15) is 19.8 Å². The highest BCUT2D eigenvalue weighted by Crippen LogP contribution is 2.17. The van der Waals surface area contributed by atoms with Crippen LogP contribution in [0.3, 0.4) is 0 Å². The average Bonchev–Trinajstić information content (AvgIpc) is 2.88. The van der Waals surface area contributed by atoms with Crippen molar-refractivity contribution >= 4 is 11.7 Å². The lowest BCUT2D eigenvalue weighted by Crippen LogP contribution is -2.46. The van der Waals surface area contributed by atoms with Crippen molar-refractivity contribution in [2.75, 3.05) is 13.1 Å². The molecule has 1 fully saturated rings. The number of amides is 1. The summed E-state index contributed by atoms with van der Waals surface area (Å²) in [6.45, 7) is 3.34. The predicted molar refractivity (Wildman–Crippen MR) is 69.9 cm³/mol. The average molecular weight is 282 g/mol. The van der Waals surface area contributed by atoms with Gasteiger partial charge in [0.05, 0.1) is 6.10 Å². The van der Waals surface area contributed by atoms with E-state index < -0.39 is 11.0 Å². The molecule has 2 atom stereocenters. The minimum absolute atomic E-state index is 0.0488. The molecule has 1 aromatic heterocycles. The molecule has 0 aliphatic carbocycles. The van der Waals surface area contributed by atoms with Gasteiger partial charge in [-0.25, -0.2) is 0 Å². The molecule has 20 heavy (non-hydrogen) atoms. The zero-order valence-electron chi connectivity index (χ0n) is 11.3. The van der Waals surface area contributed by atoms with Gasteiger partial charge < -0.3 is 24.7 Å². The number of β-amino-alcohol motifs (C(OH)–C–C–N with tert-alkyl or cyclic N) is 1. The first-order chi connectivity index (χ1) is 9.47. The van der Waals surface area contributed by atoms with Gasteiger partial charge in [-0.2, -0.15) is 0 Å². The Bertz CT molecular complexity index is 501. The van der Waals surface area contributed by atoms with Crippen LogP contribution < -0.4 is 0 Å². The van der Waals surface area contributed by atoms with E-state index in [4.69, 9.17) is 0 Å². The summed E-state index contributed by atoms with van der Waals surface area (Å²) < 4.78 is 1.53. The molecule has 1 N–H and O–H groups in total. The van der Waals surface area contributed by atoms with Crippen molar-refractivity contribution in [2.45, 2.75) is 32.4 Å². The number of nitro groups is 1. The maximum absolute atomic E-state index is 12.0. The molecule has 8 nitrogen and oxygen atoms in total. The molecule has 1 amide bonds. The quantitative estimate of drug-likeness (QED) is 0.636. The van der Waals surface area contributed by atoms with Crippen LogP contribution in [0.25, 0.3) is 0 Å². The number of rotatable bonds is 4. The summed E-state index contributed by atoms with van der Waals surface area (Å²) in [6.07, 6.45) is 3.22. The molecule has 0 aromatic carbocycles. The fourth-order valence-electron chi connectivity index (χ4n) is 2.22. The van der Waals surface area contributed by atoms with Gasteiger partial charge in [-0.3, -0.25) is 4.79 Å². The molecule has 1 saturated heterocycles. The molecular weight excluding hydrogens is 264 g/mol. The van der Waals surface area contributed by atoms with E-state index in [9.17, 15) is 20.0 Å². The Kier molecular flexibility index (Phi) is 4.33. The Labute approximate surface area is 116 Å². The van der Waals surface area contributed by atoms with Crippen LogP contribution in [-0.2, 0) is 11.3 Å². The van der Waals surface area contributed by atoms with Crippen LogP contribution >= 0.6 is 0 Å². The number of aliphatic hydroxyl groups is 1. The molecule has 8 heteroatoms. The summed E-state index contributed by atoms with van der Waals surface area (Å²) in [5, 5.41) is 20.3. The van der Waals surface area contributed by atoms with Gasteiger partial charge in [0, 0.05) is 26.1 Å². The van der Waals surface area contributed by atoms with Gasteiger partial charge in [0.25, 0.3) is 0 Å². The van der Waals surface area contributed by atoms with Gasteiger partial charge in [0.2, 0.25) is 12.2 Å². The van der Waals surface area contributed by atoms with Gasteiger partial charge >= 0.3 is 5.82 Å². The molecule has 0 spiro atoms. The fraction of sp³-hybridized carbons (Fsp3) is 0.667. The van der Waals surface area contributed by atoms with Gasteiger partial charge in [-0.15, -0.1) is 0 Å². The van der Waals surface area contributed by atoms with Crippen molar-refractivity contribution in [3.8, 4) is 0 Å². The first-order valence-electron chi connectivity index (χ1n) is 6.59. The van der Waals surface area contributed by atoms with Crippen LogP contribution in [0, 0.1) is 16.0 Å². The second-order valence-corrected chi connectivity index (χ2v) is 5.15. The van der Waals surface area contributed by atoms with E-state index in [1.807, 2.05) is 6.92 Å². The molecule has 1 aliphatic heterocycles. The number of carbonyl (C=O) groups is 1. The van der Waals surface area contributed by atoms with Gasteiger partial charge in [-0.05, 0) is 22.2 Å². The van der Waals surface area contributed by atoms with E-state index in [-0.39, 0.29) is 24.1 Å². The number of carbonyl (C=O) groups excluding carboxylic acids is 1. The number of hydrogen-bond donors (Lipinski definition) is 1. The van der Waals surface area contributed by atoms with Crippen molar-refractivity contribution in [3.63, 3.8) is 0 Å². The molecule has 0 saturated carbocycles. The Hall–Kier alpha value is -1.96. The standard InChI is InChI=1S/C12H18N4O4/c1-9-2-5-15(6-10(9)17)12(18)3-4-14-7-11(13-8-14)16(19)20/h7-10,17H,2-6H2,1H3. The molecule has 110 valence electrons. The summed E-state index contributed by atoms with van der Waals surface area (Å²) in [4.78, 5) is 27.2. The highest BCUT2D eigenvalue weighted by Gasteiger charge is 2.27. The maximum atomic E-state index is 12.0. The third-order valence-corrected chi connectivity index (χ3v) is 3.66. The molecule has 2 heterocycles. The van der Waals surface area contributed by atoms with Crippen molar-refractivity contribution in [1.29, 1.82) is 0 Å². The first kappa shape index (κ1) is 14.4. The van der Waals surface area contributed by atoms with E-state index in [1.165, 1.54) is 17.1 Å². The van der Waals surface area contributed by atoms with Gasteiger partial charge in [0.15, 0.2) is 0 Å². The van der Waals surface area contributed by atoms with Crippen molar-refractivity contribution in [3.05, 3.63) is 22.6 Å². The number of piperidine rings is 1. The van der Waals surface area contributed by atoms with Crippen LogP contribution in [0.15, 0.2) is 12.5 Å². The van der Waals surface area contributed by atoms with Crippen LogP contribution in [0.5, 0.6) is 0 Å². The fourth-order valence-corrected chi connectivity index (χ4v) is 2.22. The lowest BCUT2D eigenvalue weighted by atomic mass is 9.96. The third kappa shape index (κ3) is 3.32. The first-order valence-corrected chi connectivity index (χ1v) is 6.59. The van der Waals surface area contributed by atoms with Crippen LogP contribution in [0.4, 0.5) is 5.82 Å². The number of likely N-dealkylation sites (tertiary alicyclic amines) is 1. The van der Waals surface area contributed by atoms with E-state index >= 15 is 0 Å². The van der Waals surface area contributed by atoms with Crippen LogP contribution in [0.2, 0.25) is 0 Å². The Balaban J connectivity index is 1.84. The second kappa shape index (κ2) is 6.00. The molecule has 0 radical (unpaired) electrons. The lowest BCUT2D eigenvalue weighted by molar-refractivity contribution is -0.389. The topological polar surface area (TPSA) is 102 Å². The van der Waals surface area contributed by atoms with Crippen LogP contribution in [-0.4, -0.2) is 49.6 Å². The number of aryl methyl sites for hydroxylation is 1. The summed E-state index contributed by atoms with van der Waals surface area (Å²) in [5.41, 5.74) is 0. The highest BCUT2D eigenvalue weighted by molar-refractivity contribution is 5.76. The molecule has 0 bridgehead atoms. The zero-order valence-corrected chi connectivity index (χ0v) is 11.3. The number of aliphatic hydroxyl groups excluding tert-OH is 1. The van der Waals surface area contributed by atoms with E-state index in [0.717, 1.165) is 6.42 Å². The number of nitrogens with zero attached hydrogens (tertiary/aromatic N) is 4. The third-order valence-electron chi connectivity index (χ3n) is 3.66. The zero-order chi connectivity index (χ0) is 14.7. The Morgan fingerprint density at radius 2 is 2.40 bits per heavy atom. The Morgan fingerprint density at radius 3 is 3.00 bits per heavy atom. The highest BCUT2D eigenvalue weighted by atomic mass is 16.6. The van der Waals surface area contributed by atoms with E-state index in [1.54, 1.807) is 4.90 Å². The Morgan fingerprint density at radius 1 is 1.65 bits per heavy atom. The normalized spacial score (nSPS) is 22.8. The van der Waals surface area contributed by atoms with Gasteiger partial charge in [-0.1, -0.05) is 6.92 Å². The van der Waals surface area contributed by atoms with Gasteiger partial charge in [0.1, 0.15) is 6.20 Å². The predicted octanol–water partition coefficient (Wildman–Crippen LogP) is 0.411. The number of aromatic nitrogens is 2. The molecule has 2 unspecified atom stereocenters. The summed E-state index contributed by atoms with van der Waals surface area (Å²) in [5.74, 6) is -0.0534. The van der Waals surface area contributed by atoms with E-state index in [2.05, 4.69) is 4.98 Å². The second-order valence-electron chi connectivity index (χ2n) is 5.15. The molecule has 2 rings (SSSR count). The SMILES string of the molecule is CC1CCN(C(=O)CCn2cnc([N+](=O)[O-])c2)CC1O. The van der Waals surface area contributed by atoms with Crippen molar-refractivity contribution in [1.82, 2.24) is 14.5 Å². The largest absolute Gasteiger partial charge is 0.391 e. The van der Waals surface area contributed by atoms with Crippen molar-refractivity contribution in [2.24, 2.45) is 5.92 Å². The monoisotopic (exact) mass is 282 g/mol. The summed E-state index contributed by atoms with van der Waals surface area (Å²) in [6, 6.07) is 0. The van der Waals surface area contributed by atoms with E-state index in [0.29, 0.717) is 19.6 Å². The number of imidazole rings is 1.